The SMILES string of the molecule is CC(CO)(CCCCSC1CCCCC1)NC1CC1. The highest BCUT2D eigenvalue weighted by molar-refractivity contribution is 7.99. The predicted octanol–water partition coefficient (Wildman–Crippen LogP) is 3.73. The first kappa shape index (κ1) is 15.7. The van der Waals surface area contributed by atoms with E-state index in [0.29, 0.717) is 6.04 Å². The van der Waals surface area contributed by atoms with Gasteiger partial charge in [-0.25, -0.2) is 0 Å². The van der Waals surface area contributed by atoms with Crippen molar-refractivity contribution in [2.45, 2.75) is 88.0 Å². The minimum absolute atomic E-state index is 0.0311. The highest BCUT2D eigenvalue weighted by atomic mass is 32.2. The monoisotopic (exact) mass is 285 g/mol. The van der Waals surface area contributed by atoms with Gasteiger partial charge in [0, 0.05) is 16.8 Å². The lowest BCUT2D eigenvalue weighted by Gasteiger charge is -2.29. The molecule has 2 N–H and O–H groups in total. The summed E-state index contributed by atoms with van der Waals surface area (Å²) in [7, 11) is 0. The second-order valence-corrected chi connectivity index (χ2v) is 8.13. The van der Waals surface area contributed by atoms with Crippen molar-refractivity contribution in [2.75, 3.05) is 12.4 Å². The van der Waals surface area contributed by atoms with Gasteiger partial charge in [0.25, 0.3) is 0 Å². The van der Waals surface area contributed by atoms with Crippen LogP contribution in [-0.2, 0) is 0 Å². The van der Waals surface area contributed by atoms with Gasteiger partial charge in [-0.2, -0.15) is 11.8 Å². The van der Waals surface area contributed by atoms with Crippen LogP contribution < -0.4 is 5.32 Å². The molecule has 2 aliphatic carbocycles. The molecule has 0 aromatic carbocycles. The Balaban J connectivity index is 1.52. The second-order valence-electron chi connectivity index (χ2n) is 6.73. The van der Waals surface area contributed by atoms with Crippen molar-refractivity contribution < 1.29 is 5.11 Å². The van der Waals surface area contributed by atoms with E-state index in [0.717, 1.165) is 11.7 Å². The van der Waals surface area contributed by atoms with Gasteiger partial charge in [0.05, 0.1) is 6.61 Å². The summed E-state index contributed by atoms with van der Waals surface area (Å²) in [5, 5.41) is 14.1. The van der Waals surface area contributed by atoms with Crippen LogP contribution in [0.2, 0.25) is 0 Å². The molecule has 19 heavy (non-hydrogen) atoms. The van der Waals surface area contributed by atoms with E-state index in [4.69, 9.17) is 0 Å². The van der Waals surface area contributed by atoms with Gasteiger partial charge in [-0.3, -0.25) is 0 Å². The van der Waals surface area contributed by atoms with Crippen molar-refractivity contribution in [3.05, 3.63) is 0 Å². The van der Waals surface area contributed by atoms with E-state index in [1.54, 1.807) is 0 Å². The van der Waals surface area contributed by atoms with Crippen LogP contribution in [0, 0.1) is 0 Å². The third-order valence-corrected chi connectivity index (χ3v) is 5.97. The van der Waals surface area contributed by atoms with Crippen LogP contribution in [0.1, 0.15) is 71.1 Å². The standard InChI is InChI=1S/C16H31NOS/c1-16(13-18,17-14-9-10-14)11-5-6-12-19-15-7-3-2-4-8-15/h14-15,17-18H,2-13H2,1H3. The van der Waals surface area contributed by atoms with Crippen LogP contribution in [0.15, 0.2) is 0 Å². The maximum Gasteiger partial charge on any atom is 0.0610 e. The van der Waals surface area contributed by atoms with Crippen molar-refractivity contribution >= 4 is 11.8 Å². The molecule has 1 unspecified atom stereocenters. The lowest BCUT2D eigenvalue weighted by atomic mass is 9.96. The zero-order valence-electron chi connectivity index (χ0n) is 12.5. The van der Waals surface area contributed by atoms with Crippen molar-refractivity contribution in [1.29, 1.82) is 0 Å². The van der Waals surface area contributed by atoms with E-state index < -0.39 is 0 Å². The van der Waals surface area contributed by atoms with Crippen LogP contribution in [-0.4, -0.2) is 34.3 Å². The van der Waals surface area contributed by atoms with Crippen LogP contribution in [0.4, 0.5) is 0 Å². The summed E-state index contributed by atoms with van der Waals surface area (Å²) >= 11 is 2.20. The maximum absolute atomic E-state index is 9.55. The Labute approximate surface area is 123 Å². The molecule has 0 bridgehead atoms. The molecule has 0 aliphatic heterocycles. The molecule has 3 heteroatoms. The number of thioether (sulfide) groups is 1. The quantitative estimate of drug-likeness (QED) is 0.633. The van der Waals surface area contributed by atoms with Gasteiger partial charge >= 0.3 is 0 Å². The third-order valence-electron chi connectivity index (χ3n) is 4.51. The lowest BCUT2D eigenvalue weighted by Crippen LogP contribution is -2.46. The molecule has 0 spiro atoms. The molecular weight excluding hydrogens is 254 g/mol. The van der Waals surface area contributed by atoms with E-state index in [1.165, 1.54) is 63.5 Å². The molecule has 1 atom stereocenters. The average Bonchev–Trinajstić information content (AvgIpc) is 3.23. The highest BCUT2D eigenvalue weighted by Gasteiger charge is 2.31. The summed E-state index contributed by atoms with van der Waals surface area (Å²) in [5.74, 6) is 1.32. The molecule has 112 valence electrons. The zero-order chi connectivity index (χ0) is 13.6. The first-order chi connectivity index (χ1) is 9.22. The molecule has 2 nitrogen and oxygen atoms in total. The molecule has 0 aromatic heterocycles. The molecular formula is C16H31NOS. The van der Waals surface area contributed by atoms with Gasteiger partial charge in [0.2, 0.25) is 0 Å². The summed E-state index contributed by atoms with van der Waals surface area (Å²) in [5.41, 5.74) is -0.0311. The topological polar surface area (TPSA) is 32.3 Å². The Morgan fingerprint density at radius 1 is 1.11 bits per heavy atom. The van der Waals surface area contributed by atoms with Gasteiger partial charge in [-0.15, -0.1) is 0 Å². The van der Waals surface area contributed by atoms with E-state index in [-0.39, 0.29) is 12.1 Å². The number of rotatable bonds is 9. The fraction of sp³-hybridized carbons (Fsp3) is 1.00. The van der Waals surface area contributed by atoms with Crippen molar-refractivity contribution in [1.82, 2.24) is 5.32 Å². The first-order valence-electron chi connectivity index (χ1n) is 8.22. The Bertz CT molecular complexity index is 251. The lowest BCUT2D eigenvalue weighted by molar-refractivity contribution is 0.161. The molecule has 2 rings (SSSR count). The Morgan fingerprint density at radius 2 is 1.84 bits per heavy atom. The highest BCUT2D eigenvalue weighted by Crippen LogP contribution is 2.29. The van der Waals surface area contributed by atoms with E-state index >= 15 is 0 Å². The van der Waals surface area contributed by atoms with Gasteiger partial charge < -0.3 is 10.4 Å². The second kappa shape index (κ2) is 7.90. The fourth-order valence-corrected chi connectivity index (χ4v) is 4.39. The fourth-order valence-electron chi connectivity index (χ4n) is 3.02. The summed E-state index contributed by atoms with van der Waals surface area (Å²) in [6, 6.07) is 0.689. The van der Waals surface area contributed by atoms with Gasteiger partial charge in [-0.05, 0) is 51.2 Å². The molecule has 2 saturated carbocycles. The minimum Gasteiger partial charge on any atom is -0.394 e. The number of aliphatic hydroxyl groups is 1. The van der Waals surface area contributed by atoms with Crippen LogP contribution in [0.5, 0.6) is 0 Å². The Morgan fingerprint density at radius 3 is 2.47 bits per heavy atom. The van der Waals surface area contributed by atoms with Gasteiger partial charge in [0.15, 0.2) is 0 Å². The van der Waals surface area contributed by atoms with Crippen LogP contribution in [0.25, 0.3) is 0 Å². The van der Waals surface area contributed by atoms with Crippen molar-refractivity contribution in [3.8, 4) is 0 Å². The largest absolute Gasteiger partial charge is 0.394 e. The molecule has 0 saturated heterocycles. The molecule has 0 radical (unpaired) electrons. The number of hydrogen-bond acceptors (Lipinski definition) is 3. The average molecular weight is 285 g/mol. The normalized spacial score (nSPS) is 24.3. The molecule has 2 aliphatic rings. The summed E-state index contributed by atoms with van der Waals surface area (Å²) in [6.07, 6.45) is 13.5. The minimum atomic E-state index is -0.0311. The smallest absolute Gasteiger partial charge is 0.0610 e. The summed E-state index contributed by atoms with van der Waals surface area (Å²) in [6.45, 7) is 2.46. The third kappa shape index (κ3) is 6.05. The van der Waals surface area contributed by atoms with Gasteiger partial charge in [0.1, 0.15) is 0 Å². The predicted molar refractivity (Wildman–Crippen MR) is 84.8 cm³/mol. The Kier molecular flexibility index (Phi) is 6.51. The van der Waals surface area contributed by atoms with Crippen molar-refractivity contribution in [3.63, 3.8) is 0 Å². The first-order valence-corrected chi connectivity index (χ1v) is 9.27. The van der Waals surface area contributed by atoms with E-state index in [1.807, 2.05) is 0 Å². The molecule has 0 heterocycles. The summed E-state index contributed by atoms with van der Waals surface area (Å²) < 4.78 is 0. The molecule has 2 fully saturated rings. The van der Waals surface area contributed by atoms with E-state index in [9.17, 15) is 5.11 Å². The Hall–Kier alpha value is 0.270. The zero-order valence-corrected chi connectivity index (χ0v) is 13.3. The number of hydrogen-bond donors (Lipinski definition) is 2. The van der Waals surface area contributed by atoms with Crippen LogP contribution >= 0.6 is 11.8 Å². The number of unbranched alkanes of at least 4 members (excludes halogenated alkanes) is 1. The van der Waals surface area contributed by atoms with E-state index in [2.05, 4.69) is 24.0 Å². The maximum atomic E-state index is 9.55. The van der Waals surface area contributed by atoms with Crippen molar-refractivity contribution in [2.24, 2.45) is 0 Å². The number of nitrogens with one attached hydrogen (secondary N) is 1. The molecule has 0 aromatic rings. The van der Waals surface area contributed by atoms with Crippen LogP contribution in [0.3, 0.4) is 0 Å². The number of aliphatic hydroxyl groups excluding tert-OH is 1. The molecule has 0 amide bonds. The summed E-state index contributed by atoms with van der Waals surface area (Å²) in [4.78, 5) is 0. The van der Waals surface area contributed by atoms with Gasteiger partial charge in [-0.1, -0.05) is 25.7 Å².